The monoisotopic (exact) mass is 258 g/mol. The van der Waals surface area contributed by atoms with Gasteiger partial charge in [0.2, 0.25) is 0 Å². The van der Waals surface area contributed by atoms with Gasteiger partial charge in [-0.15, -0.1) is 0 Å². The van der Waals surface area contributed by atoms with Crippen LogP contribution in [0.15, 0.2) is 24.3 Å². The molecule has 0 aromatic heterocycles. The first-order chi connectivity index (χ1) is 9.24. The Morgan fingerprint density at radius 2 is 2.32 bits per heavy atom. The maximum atomic E-state index is 11.7. The van der Waals surface area contributed by atoms with E-state index in [2.05, 4.69) is 12.2 Å². The van der Waals surface area contributed by atoms with Gasteiger partial charge in [0.25, 0.3) is 5.91 Å². The van der Waals surface area contributed by atoms with Gasteiger partial charge in [0.15, 0.2) is 6.61 Å². The number of hydrogen-bond acceptors (Lipinski definition) is 3. The van der Waals surface area contributed by atoms with E-state index >= 15 is 0 Å². The van der Waals surface area contributed by atoms with E-state index in [9.17, 15) is 4.79 Å². The molecule has 4 heteroatoms. The Kier molecular flexibility index (Phi) is 4.40. The molecule has 1 N–H and O–H groups in total. The van der Waals surface area contributed by atoms with Gasteiger partial charge in [0, 0.05) is 6.04 Å². The molecule has 4 nitrogen and oxygen atoms in total. The van der Waals surface area contributed by atoms with Crippen LogP contribution in [0.4, 0.5) is 0 Å². The first kappa shape index (κ1) is 13.4. The van der Waals surface area contributed by atoms with Crippen LogP contribution in [0.2, 0.25) is 0 Å². The molecule has 1 aromatic carbocycles. The molecule has 1 amide bonds. The number of para-hydroxylation sites is 1. The van der Waals surface area contributed by atoms with Crippen molar-refractivity contribution in [1.29, 1.82) is 5.26 Å². The van der Waals surface area contributed by atoms with E-state index in [1.165, 1.54) is 6.42 Å². The van der Waals surface area contributed by atoms with Gasteiger partial charge in [-0.05, 0) is 30.9 Å². The minimum atomic E-state index is -0.114. The van der Waals surface area contributed by atoms with Crippen LogP contribution in [-0.2, 0) is 4.79 Å². The minimum Gasteiger partial charge on any atom is -0.482 e. The van der Waals surface area contributed by atoms with Crippen LogP contribution < -0.4 is 10.1 Å². The average Bonchev–Trinajstić information content (AvgIpc) is 3.15. The van der Waals surface area contributed by atoms with Crippen molar-refractivity contribution in [2.24, 2.45) is 5.92 Å². The third-order valence-electron chi connectivity index (χ3n) is 3.29. The number of benzene rings is 1. The van der Waals surface area contributed by atoms with Crippen molar-refractivity contribution in [3.63, 3.8) is 0 Å². The fourth-order valence-corrected chi connectivity index (χ4v) is 2.19. The zero-order valence-corrected chi connectivity index (χ0v) is 11.1. The first-order valence-electron chi connectivity index (χ1n) is 6.66. The second-order valence-corrected chi connectivity index (χ2v) is 4.86. The predicted molar refractivity (Wildman–Crippen MR) is 71.6 cm³/mol. The molecule has 1 saturated carbocycles. The Bertz CT molecular complexity index is 493. The summed E-state index contributed by atoms with van der Waals surface area (Å²) in [6.45, 7) is 2.12. The SMILES string of the molecule is CCCC1CC1NC(=O)COc1ccccc1C#N. The number of carbonyl (C=O) groups excluding carboxylic acids is 1. The topological polar surface area (TPSA) is 62.1 Å². The summed E-state index contributed by atoms with van der Waals surface area (Å²) in [4.78, 5) is 11.7. The lowest BCUT2D eigenvalue weighted by Gasteiger charge is -2.08. The van der Waals surface area contributed by atoms with Crippen molar-refractivity contribution < 1.29 is 9.53 Å². The summed E-state index contributed by atoms with van der Waals surface area (Å²) >= 11 is 0. The molecular weight excluding hydrogens is 240 g/mol. The number of rotatable bonds is 6. The van der Waals surface area contributed by atoms with E-state index in [4.69, 9.17) is 10.00 Å². The zero-order chi connectivity index (χ0) is 13.7. The molecule has 2 rings (SSSR count). The maximum Gasteiger partial charge on any atom is 0.258 e. The Balaban J connectivity index is 1.77. The molecule has 0 radical (unpaired) electrons. The lowest BCUT2D eigenvalue weighted by atomic mass is 10.2. The lowest BCUT2D eigenvalue weighted by Crippen LogP contribution is -2.31. The van der Waals surface area contributed by atoms with Crippen molar-refractivity contribution >= 4 is 5.91 Å². The maximum absolute atomic E-state index is 11.7. The van der Waals surface area contributed by atoms with E-state index in [0.717, 1.165) is 12.8 Å². The Morgan fingerprint density at radius 1 is 1.53 bits per heavy atom. The highest BCUT2D eigenvalue weighted by Crippen LogP contribution is 2.34. The van der Waals surface area contributed by atoms with Gasteiger partial charge < -0.3 is 10.1 Å². The van der Waals surface area contributed by atoms with Gasteiger partial charge in [0.05, 0.1) is 5.56 Å². The largest absolute Gasteiger partial charge is 0.482 e. The highest BCUT2D eigenvalue weighted by molar-refractivity contribution is 5.78. The van der Waals surface area contributed by atoms with Gasteiger partial charge in [-0.1, -0.05) is 25.5 Å². The summed E-state index contributed by atoms with van der Waals surface area (Å²) in [6.07, 6.45) is 3.40. The van der Waals surface area contributed by atoms with Gasteiger partial charge in [-0.3, -0.25) is 4.79 Å². The third kappa shape index (κ3) is 3.72. The van der Waals surface area contributed by atoms with Gasteiger partial charge in [-0.2, -0.15) is 5.26 Å². The molecule has 1 fully saturated rings. The molecule has 0 spiro atoms. The van der Waals surface area contributed by atoms with Crippen LogP contribution in [0.5, 0.6) is 5.75 Å². The second-order valence-electron chi connectivity index (χ2n) is 4.86. The summed E-state index contributed by atoms with van der Waals surface area (Å²) < 4.78 is 5.38. The average molecular weight is 258 g/mol. The summed E-state index contributed by atoms with van der Waals surface area (Å²) in [7, 11) is 0. The molecule has 1 aromatic rings. The predicted octanol–water partition coefficient (Wildman–Crippen LogP) is 2.24. The molecule has 19 heavy (non-hydrogen) atoms. The van der Waals surface area contributed by atoms with Crippen molar-refractivity contribution in [1.82, 2.24) is 5.32 Å². The normalized spacial score (nSPS) is 20.4. The quantitative estimate of drug-likeness (QED) is 0.851. The third-order valence-corrected chi connectivity index (χ3v) is 3.29. The number of carbonyl (C=O) groups is 1. The van der Waals surface area contributed by atoms with Crippen molar-refractivity contribution in [3.8, 4) is 11.8 Å². The number of hydrogen-bond donors (Lipinski definition) is 1. The second kappa shape index (κ2) is 6.24. The van der Waals surface area contributed by atoms with Crippen LogP contribution in [0, 0.1) is 17.2 Å². The number of nitrogens with zero attached hydrogens (tertiary/aromatic N) is 1. The van der Waals surface area contributed by atoms with Crippen LogP contribution >= 0.6 is 0 Å². The molecular formula is C15H18N2O2. The van der Waals surface area contributed by atoms with Crippen molar-refractivity contribution in [3.05, 3.63) is 29.8 Å². The molecule has 1 aliphatic rings. The summed E-state index contributed by atoms with van der Waals surface area (Å²) in [5.41, 5.74) is 0.450. The smallest absolute Gasteiger partial charge is 0.258 e. The minimum absolute atomic E-state index is 0.0337. The number of ether oxygens (including phenoxy) is 1. The van der Waals surface area contributed by atoms with Crippen LogP contribution in [-0.4, -0.2) is 18.6 Å². The van der Waals surface area contributed by atoms with Crippen LogP contribution in [0.25, 0.3) is 0 Å². The number of nitriles is 1. The van der Waals surface area contributed by atoms with Gasteiger partial charge in [-0.25, -0.2) is 0 Å². The molecule has 100 valence electrons. The van der Waals surface area contributed by atoms with Crippen molar-refractivity contribution in [2.75, 3.05) is 6.61 Å². The molecule has 0 heterocycles. The Hall–Kier alpha value is -2.02. The van der Waals surface area contributed by atoms with E-state index in [1.807, 2.05) is 6.07 Å². The molecule has 0 aliphatic heterocycles. The first-order valence-corrected chi connectivity index (χ1v) is 6.66. The lowest BCUT2D eigenvalue weighted by molar-refractivity contribution is -0.123. The fourth-order valence-electron chi connectivity index (χ4n) is 2.19. The van der Waals surface area contributed by atoms with Gasteiger partial charge >= 0.3 is 0 Å². The molecule has 0 bridgehead atoms. The Labute approximate surface area is 113 Å². The molecule has 0 saturated heterocycles. The Morgan fingerprint density at radius 3 is 3.05 bits per heavy atom. The molecule has 2 atom stereocenters. The van der Waals surface area contributed by atoms with E-state index in [-0.39, 0.29) is 12.5 Å². The molecule has 1 aliphatic carbocycles. The van der Waals surface area contributed by atoms with E-state index in [1.54, 1.807) is 24.3 Å². The summed E-state index contributed by atoms with van der Waals surface area (Å²) in [5, 5.41) is 11.9. The summed E-state index contributed by atoms with van der Waals surface area (Å²) in [6, 6.07) is 9.28. The fraction of sp³-hybridized carbons (Fsp3) is 0.467. The highest BCUT2D eigenvalue weighted by Gasteiger charge is 2.37. The highest BCUT2D eigenvalue weighted by atomic mass is 16.5. The molecule has 2 unspecified atom stereocenters. The summed E-state index contributed by atoms with van der Waals surface area (Å²) in [5.74, 6) is 0.984. The van der Waals surface area contributed by atoms with Crippen LogP contribution in [0.3, 0.4) is 0 Å². The van der Waals surface area contributed by atoms with Crippen molar-refractivity contribution in [2.45, 2.75) is 32.2 Å². The standard InChI is InChI=1S/C15H18N2O2/c1-2-5-11-8-13(11)17-15(18)10-19-14-7-4-3-6-12(14)9-16/h3-4,6-7,11,13H,2,5,8,10H2,1H3,(H,17,18). The van der Waals surface area contributed by atoms with E-state index in [0.29, 0.717) is 23.3 Å². The number of nitrogens with one attached hydrogen (secondary N) is 1. The van der Waals surface area contributed by atoms with Gasteiger partial charge in [0.1, 0.15) is 11.8 Å². The zero-order valence-electron chi connectivity index (χ0n) is 11.1. The van der Waals surface area contributed by atoms with E-state index < -0.39 is 0 Å². The number of amides is 1. The van der Waals surface area contributed by atoms with Crippen LogP contribution in [0.1, 0.15) is 31.7 Å².